The molecule has 1 aromatic heterocycles. The predicted octanol–water partition coefficient (Wildman–Crippen LogP) is 2.80. The van der Waals surface area contributed by atoms with Crippen LogP contribution in [0.25, 0.3) is 0 Å². The van der Waals surface area contributed by atoms with Gasteiger partial charge in [-0.2, -0.15) is 0 Å². The third-order valence-corrected chi connectivity index (χ3v) is 3.90. The highest BCUT2D eigenvalue weighted by Gasteiger charge is 2.17. The Morgan fingerprint density at radius 2 is 2.00 bits per heavy atom. The van der Waals surface area contributed by atoms with Crippen molar-refractivity contribution < 1.29 is 4.74 Å². The molecular formula is C15H29IN4OS. The molecule has 0 saturated carbocycles. The minimum atomic E-state index is 0. The van der Waals surface area contributed by atoms with E-state index in [0.29, 0.717) is 0 Å². The van der Waals surface area contributed by atoms with Crippen LogP contribution in [-0.2, 0) is 16.6 Å². The Bertz CT molecular complexity index is 443. The quantitative estimate of drug-likeness (QED) is 0.296. The lowest BCUT2D eigenvalue weighted by Crippen LogP contribution is -2.39. The molecule has 0 aromatic carbocycles. The first-order valence-electron chi connectivity index (χ1n) is 7.35. The zero-order chi connectivity index (χ0) is 15.7. The molecule has 0 spiro atoms. The molecule has 0 unspecified atom stereocenters. The highest BCUT2D eigenvalue weighted by atomic mass is 127. The molecular weight excluding hydrogens is 411 g/mol. The Morgan fingerprint density at radius 1 is 1.32 bits per heavy atom. The van der Waals surface area contributed by atoms with Crippen LogP contribution in [0.3, 0.4) is 0 Å². The van der Waals surface area contributed by atoms with Gasteiger partial charge in [-0.3, -0.25) is 4.99 Å². The summed E-state index contributed by atoms with van der Waals surface area (Å²) < 4.78 is 5.02. The van der Waals surface area contributed by atoms with E-state index < -0.39 is 0 Å². The largest absolute Gasteiger partial charge is 0.385 e. The predicted molar refractivity (Wildman–Crippen MR) is 106 cm³/mol. The molecule has 0 bridgehead atoms. The van der Waals surface area contributed by atoms with E-state index in [9.17, 15) is 0 Å². The molecule has 0 aliphatic heterocycles. The Kier molecular flexibility index (Phi) is 11.0. The van der Waals surface area contributed by atoms with E-state index in [1.165, 1.54) is 10.7 Å². The van der Waals surface area contributed by atoms with Gasteiger partial charge in [-0.1, -0.05) is 20.8 Å². The fraction of sp³-hybridized carbons (Fsp3) is 0.733. The number of hydrogen-bond donors (Lipinski definition) is 2. The fourth-order valence-corrected chi connectivity index (χ4v) is 2.73. The van der Waals surface area contributed by atoms with E-state index in [0.717, 1.165) is 38.5 Å². The maximum absolute atomic E-state index is 5.02. The van der Waals surface area contributed by atoms with Gasteiger partial charge in [0.1, 0.15) is 0 Å². The lowest BCUT2D eigenvalue weighted by atomic mass is 9.93. The highest BCUT2D eigenvalue weighted by Crippen LogP contribution is 2.23. The second-order valence-electron chi connectivity index (χ2n) is 5.90. The monoisotopic (exact) mass is 440 g/mol. The van der Waals surface area contributed by atoms with Crippen LogP contribution in [0.2, 0.25) is 0 Å². The summed E-state index contributed by atoms with van der Waals surface area (Å²) in [6.45, 7) is 9.03. The molecule has 0 aliphatic carbocycles. The normalized spacial score (nSPS) is 12.0. The van der Waals surface area contributed by atoms with Gasteiger partial charge in [0, 0.05) is 51.1 Å². The molecule has 22 heavy (non-hydrogen) atoms. The van der Waals surface area contributed by atoms with Gasteiger partial charge in [0.05, 0.1) is 10.7 Å². The lowest BCUT2D eigenvalue weighted by Gasteiger charge is -2.14. The summed E-state index contributed by atoms with van der Waals surface area (Å²) >= 11 is 1.73. The fourth-order valence-electron chi connectivity index (χ4n) is 1.70. The van der Waals surface area contributed by atoms with Crippen molar-refractivity contribution in [1.82, 2.24) is 15.6 Å². The van der Waals surface area contributed by atoms with E-state index in [4.69, 9.17) is 9.72 Å². The van der Waals surface area contributed by atoms with Crippen molar-refractivity contribution in [3.8, 4) is 0 Å². The van der Waals surface area contributed by atoms with E-state index >= 15 is 0 Å². The lowest BCUT2D eigenvalue weighted by molar-refractivity contribution is 0.195. The summed E-state index contributed by atoms with van der Waals surface area (Å²) in [6.07, 6.45) is 1.89. The minimum absolute atomic E-state index is 0. The SMILES string of the molecule is CN=C(NCCCOC)NCCc1nc(C(C)(C)C)cs1.I. The van der Waals surface area contributed by atoms with Gasteiger partial charge >= 0.3 is 0 Å². The molecule has 5 nitrogen and oxygen atoms in total. The Hall–Kier alpha value is -0.410. The summed E-state index contributed by atoms with van der Waals surface area (Å²) in [5, 5.41) is 9.90. The summed E-state index contributed by atoms with van der Waals surface area (Å²) in [5.41, 5.74) is 1.30. The molecule has 2 N–H and O–H groups in total. The minimum Gasteiger partial charge on any atom is -0.385 e. The van der Waals surface area contributed by atoms with Crippen LogP contribution in [0.1, 0.15) is 37.9 Å². The molecule has 1 heterocycles. The topological polar surface area (TPSA) is 58.5 Å². The van der Waals surface area contributed by atoms with Crippen molar-refractivity contribution in [3.63, 3.8) is 0 Å². The number of halogens is 1. The van der Waals surface area contributed by atoms with Crippen molar-refractivity contribution in [2.45, 2.75) is 39.0 Å². The maximum Gasteiger partial charge on any atom is 0.190 e. The number of ether oxygens (including phenoxy) is 1. The molecule has 0 aliphatic rings. The van der Waals surface area contributed by atoms with Gasteiger partial charge in [0.25, 0.3) is 0 Å². The van der Waals surface area contributed by atoms with Crippen molar-refractivity contribution in [3.05, 3.63) is 16.1 Å². The van der Waals surface area contributed by atoms with Gasteiger partial charge in [-0.25, -0.2) is 4.98 Å². The first-order chi connectivity index (χ1) is 9.97. The van der Waals surface area contributed by atoms with E-state index in [2.05, 4.69) is 41.8 Å². The van der Waals surface area contributed by atoms with Crippen molar-refractivity contribution in [2.75, 3.05) is 33.9 Å². The van der Waals surface area contributed by atoms with E-state index in [-0.39, 0.29) is 29.4 Å². The Morgan fingerprint density at radius 3 is 2.55 bits per heavy atom. The molecule has 0 fully saturated rings. The standard InChI is InChI=1S/C15H28N4OS.HI/c1-15(2,3)12-11-21-13(19-12)7-9-18-14(16-4)17-8-6-10-20-5;/h11H,6-10H2,1-5H3,(H2,16,17,18);1H. The molecule has 1 rings (SSSR count). The number of methoxy groups -OCH3 is 1. The van der Waals surface area contributed by atoms with Crippen LogP contribution in [0, 0.1) is 0 Å². The summed E-state index contributed by atoms with van der Waals surface area (Å²) in [4.78, 5) is 8.89. The summed E-state index contributed by atoms with van der Waals surface area (Å²) in [6, 6.07) is 0. The van der Waals surface area contributed by atoms with Gasteiger partial charge < -0.3 is 15.4 Å². The van der Waals surface area contributed by atoms with Gasteiger partial charge in [-0.05, 0) is 6.42 Å². The summed E-state index contributed by atoms with van der Waals surface area (Å²) in [7, 11) is 3.50. The van der Waals surface area contributed by atoms with Crippen molar-refractivity contribution in [2.24, 2.45) is 4.99 Å². The van der Waals surface area contributed by atoms with Crippen molar-refractivity contribution in [1.29, 1.82) is 0 Å². The molecule has 0 atom stereocenters. The molecule has 0 saturated heterocycles. The average molecular weight is 440 g/mol. The number of aromatic nitrogens is 1. The number of guanidine groups is 1. The molecule has 7 heteroatoms. The molecule has 128 valence electrons. The first kappa shape index (κ1) is 21.6. The second kappa shape index (κ2) is 11.2. The number of rotatable bonds is 7. The zero-order valence-electron chi connectivity index (χ0n) is 14.2. The molecule has 0 radical (unpaired) electrons. The van der Waals surface area contributed by atoms with Crippen LogP contribution in [0.15, 0.2) is 10.4 Å². The number of nitrogens with zero attached hydrogens (tertiary/aromatic N) is 2. The zero-order valence-corrected chi connectivity index (χ0v) is 17.4. The number of aliphatic imine (C=N–C) groups is 1. The van der Waals surface area contributed by atoms with Crippen LogP contribution >= 0.6 is 35.3 Å². The molecule has 0 amide bonds. The van der Waals surface area contributed by atoms with Crippen molar-refractivity contribution >= 4 is 41.3 Å². The smallest absolute Gasteiger partial charge is 0.190 e. The first-order valence-corrected chi connectivity index (χ1v) is 8.23. The summed E-state index contributed by atoms with van der Waals surface area (Å²) in [5.74, 6) is 0.832. The second-order valence-corrected chi connectivity index (χ2v) is 6.84. The Labute approximate surface area is 155 Å². The van der Waals surface area contributed by atoms with Gasteiger partial charge in [0.15, 0.2) is 5.96 Å². The Balaban J connectivity index is 0.00000441. The van der Waals surface area contributed by atoms with E-state index in [1.807, 2.05) is 0 Å². The molecule has 1 aromatic rings. The van der Waals surface area contributed by atoms with Gasteiger partial charge in [0.2, 0.25) is 0 Å². The third-order valence-electron chi connectivity index (χ3n) is 2.99. The third kappa shape index (κ3) is 8.28. The van der Waals surface area contributed by atoms with Crippen LogP contribution < -0.4 is 10.6 Å². The average Bonchev–Trinajstić information content (AvgIpc) is 2.90. The number of hydrogen-bond acceptors (Lipinski definition) is 4. The highest BCUT2D eigenvalue weighted by molar-refractivity contribution is 14.0. The number of thiazole rings is 1. The maximum atomic E-state index is 5.02. The van der Waals surface area contributed by atoms with Gasteiger partial charge in [-0.15, -0.1) is 35.3 Å². The van der Waals surface area contributed by atoms with E-state index in [1.54, 1.807) is 25.5 Å². The van der Waals surface area contributed by atoms with Crippen LogP contribution in [0.4, 0.5) is 0 Å². The van der Waals surface area contributed by atoms with Crippen LogP contribution in [-0.4, -0.2) is 44.8 Å². The van der Waals surface area contributed by atoms with Crippen LogP contribution in [0.5, 0.6) is 0 Å². The number of nitrogens with one attached hydrogen (secondary N) is 2.